The maximum Gasteiger partial charge on any atom is 0.263 e. The van der Waals surface area contributed by atoms with E-state index in [0.29, 0.717) is 47.1 Å². The van der Waals surface area contributed by atoms with Crippen molar-refractivity contribution < 1.29 is 49.3 Å². The Morgan fingerprint density at radius 1 is 0.846 bits per heavy atom. The van der Waals surface area contributed by atoms with Crippen LogP contribution in [0.5, 0.6) is 17.2 Å². The first kappa shape index (κ1) is 39.3. The number of benzene rings is 3. The summed E-state index contributed by atoms with van der Waals surface area (Å²) in [5, 5.41) is 0.291. The molecule has 3 aromatic carbocycles. The van der Waals surface area contributed by atoms with Gasteiger partial charge in [-0.05, 0) is 82.6 Å². The highest BCUT2D eigenvalue weighted by Gasteiger charge is 2.38. The number of carbonyl (C=O) groups is 1. The normalized spacial score (nSPS) is 17.8. The third-order valence-corrected chi connectivity index (χ3v) is 10.7. The maximum absolute atomic E-state index is 14.2. The number of quaternary nitrogens is 1. The Hall–Kier alpha value is -3.96. The van der Waals surface area contributed by atoms with Crippen LogP contribution in [0.4, 0.5) is 14.5 Å². The molecule has 4 aromatic rings. The second kappa shape index (κ2) is 17.7. The summed E-state index contributed by atoms with van der Waals surface area (Å²) in [6.07, 6.45) is 11.5. The average molecular weight is 783 g/mol. The Kier molecular flexibility index (Phi) is 13.4. The number of aromatic nitrogens is 1. The van der Waals surface area contributed by atoms with E-state index in [1.807, 2.05) is 6.92 Å². The molecule has 280 valence electrons. The van der Waals surface area contributed by atoms with Crippen LogP contribution in [0, 0.1) is 17.6 Å². The van der Waals surface area contributed by atoms with Gasteiger partial charge in [0.1, 0.15) is 34.4 Å². The van der Waals surface area contributed by atoms with Gasteiger partial charge in [-0.15, -0.1) is 0 Å². The number of pyridine rings is 1. The van der Waals surface area contributed by atoms with Crippen LogP contribution in [0.25, 0.3) is 16.6 Å². The molecule has 11 heteroatoms. The van der Waals surface area contributed by atoms with Crippen LogP contribution >= 0.6 is 0 Å². The van der Waals surface area contributed by atoms with E-state index in [2.05, 4.69) is 0 Å². The number of unbranched alkanes of at least 4 members (excludes halogenated alkanes) is 4. The number of halogens is 3. The van der Waals surface area contributed by atoms with Crippen molar-refractivity contribution in [3.63, 3.8) is 0 Å². The first-order valence-corrected chi connectivity index (χ1v) is 18.5. The van der Waals surface area contributed by atoms with E-state index in [-0.39, 0.29) is 34.8 Å². The Labute approximate surface area is 315 Å². The van der Waals surface area contributed by atoms with E-state index >= 15 is 0 Å². The van der Waals surface area contributed by atoms with Crippen molar-refractivity contribution in [1.29, 1.82) is 0 Å². The summed E-state index contributed by atoms with van der Waals surface area (Å²) in [7, 11) is 1.55. The van der Waals surface area contributed by atoms with Crippen molar-refractivity contribution in [3.05, 3.63) is 88.2 Å². The fraction of sp³-hybridized carbons (Fsp3) is 0.463. The Balaban J connectivity index is 0.00000523. The molecule has 3 aliphatic rings. The van der Waals surface area contributed by atoms with E-state index in [4.69, 9.17) is 14.2 Å². The number of hydrogen-bond donors (Lipinski definition) is 0. The van der Waals surface area contributed by atoms with Crippen LogP contribution in [0.1, 0.15) is 75.6 Å². The van der Waals surface area contributed by atoms with E-state index in [1.165, 1.54) is 80.3 Å². The van der Waals surface area contributed by atoms with E-state index < -0.39 is 23.0 Å². The molecule has 0 aliphatic carbocycles. The third-order valence-electron chi connectivity index (χ3n) is 10.7. The highest BCUT2D eigenvalue weighted by atomic mass is 79.9. The zero-order valence-electron chi connectivity index (χ0n) is 30.5. The van der Waals surface area contributed by atoms with E-state index in [9.17, 15) is 18.4 Å². The summed E-state index contributed by atoms with van der Waals surface area (Å²) < 4.78 is 49.0. The number of piperidine rings is 3. The summed E-state index contributed by atoms with van der Waals surface area (Å²) in [5.74, 6) is 0.362. The smallest absolute Gasteiger partial charge is 0.263 e. The van der Waals surface area contributed by atoms with Gasteiger partial charge in [0.25, 0.3) is 5.91 Å². The Bertz CT molecular complexity index is 1880. The van der Waals surface area contributed by atoms with Gasteiger partial charge in [-0.25, -0.2) is 8.78 Å². The number of rotatable bonds is 16. The van der Waals surface area contributed by atoms with Gasteiger partial charge >= 0.3 is 0 Å². The van der Waals surface area contributed by atoms with E-state index in [1.54, 1.807) is 55.0 Å². The lowest BCUT2D eigenvalue weighted by molar-refractivity contribution is -0.942. The second-order valence-corrected chi connectivity index (χ2v) is 14.0. The Morgan fingerprint density at radius 2 is 1.52 bits per heavy atom. The highest BCUT2D eigenvalue weighted by Crippen LogP contribution is 2.34. The van der Waals surface area contributed by atoms with Crippen LogP contribution in [0.3, 0.4) is 0 Å². The summed E-state index contributed by atoms with van der Waals surface area (Å²) in [6.45, 7) is 10.1. The topological polar surface area (TPSA) is 70.0 Å². The zero-order valence-corrected chi connectivity index (χ0v) is 32.1. The zero-order chi connectivity index (χ0) is 36.0. The molecular weight excluding hydrogens is 732 g/mol. The number of fused-ring (bicyclic) bond motifs is 4. The summed E-state index contributed by atoms with van der Waals surface area (Å²) in [5.41, 5.74) is 0.482. The van der Waals surface area contributed by atoms with Crippen molar-refractivity contribution in [2.45, 2.75) is 65.2 Å². The molecule has 1 amide bonds. The molecule has 0 radical (unpaired) electrons. The first-order chi connectivity index (χ1) is 24.7. The van der Waals surface area contributed by atoms with E-state index in [0.717, 1.165) is 37.0 Å². The lowest BCUT2D eigenvalue weighted by atomic mass is 9.85. The molecule has 0 spiro atoms. The predicted octanol–water partition coefficient (Wildman–Crippen LogP) is 5.31. The van der Waals surface area contributed by atoms with Crippen LogP contribution in [-0.2, 0) is 0 Å². The van der Waals surface area contributed by atoms with Gasteiger partial charge in [-0.1, -0.05) is 12.8 Å². The van der Waals surface area contributed by atoms with Gasteiger partial charge in [0, 0.05) is 54.1 Å². The largest absolute Gasteiger partial charge is 1.00 e. The van der Waals surface area contributed by atoms with Crippen molar-refractivity contribution in [2.75, 3.05) is 57.9 Å². The number of nitrogens with zero attached hydrogens (tertiary/aromatic N) is 3. The number of hydrogen-bond acceptors (Lipinski definition) is 5. The van der Waals surface area contributed by atoms with Crippen LogP contribution in [0.2, 0.25) is 0 Å². The first-order valence-electron chi connectivity index (χ1n) is 18.5. The summed E-state index contributed by atoms with van der Waals surface area (Å²) >= 11 is 0. The molecule has 4 heterocycles. The van der Waals surface area contributed by atoms with Crippen LogP contribution in [-0.4, -0.2) is 68.0 Å². The van der Waals surface area contributed by atoms with Gasteiger partial charge in [-0.3, -0.25) is 9.59 Å². The minimum absolute atomic E-state index is 0. The molecule has 2 bridgehead atoms. The summed E-state index contributed by atoms with van der Waals surface area (Å²) in [6, 6.07) is 13.4. The molecule has 3 saturated heterocycles. The molecule has 0 N–H and O–H groups in total. The SMILES string of the molecule is CCOc1cc(OC)cc(-n2cc(C(=O)N(CC)c3cc(F)cc(F)c3)c(=O)c3ccc(OCCCCCCC[N+]45CCC(CC4)CC5)cc32)c1.[Br-]. The minimum Gasteiger partial charge on any atom is -1.00 e. The number of carbonyl (C=O) groups excluding carboxylic acids is 1. The third kappa shape index (κ3) is 8.97. The van der Waals surface area contributed by atoms with Gasteiger partial charge in [0.2, 0.25) is 5.43 Å². The predicted molar refractivity (Wildman–Crippen MR) is 197 cm³/mol. The fourth-order valence-corrected chi connectivity index (χ4v) is 7.85. The van der Waals surface area contributed by atoms with Gasteiger partial charge in [0.05, 0.1) is 57.7 Å². The lowest BCUT2D eigenvalue weighted by Gasteiger charge is -2.49. The van der Waals surface area contributed by atoms with Crippen molar-refractivity contribution >= 4 is 22.5 Å². The van der Waals surface area contributed by atoms with Gasteiger partial charge < -0.3 is 45.1 Å². The van der Waals surface area contributed by atoms with Crippen molar-refractivity contribution in [2.24, 2.45) is 5.92 Å². The molecule has 0 unspecified atom stereocenters. The fourth-order valence-electron chi connectivity index (χ4n) is 7.85. The van der Waals surface area contributed by atoms with Crippen molar-refractivity contribution in [3.8, 4) is 22.9 Å². The molecule has 3 aliphatic heterocycles. The molecule has 0 atom stereocenters. The van der Waals surface area contributed by atoms with Crippen molar-refractivity contribution in [1.82, 2.24) is 4.57 Å². The molecular formula is C41H50BrF2N3O5. The van der Waals surface area contributed by atoms with Gasteiger partial charge in [-0.2, -0.15) is 0 Å². The van der Waals surface area contributed by atoms with Crippen LogP contribution in [0.15, 0.2) is 65.6 Å². The highest BCUT2D eigenvalue weighted by molar-refractivity contribution is 6.07. The Morgan fingerprint density at radius 3 is 2.19 bits per heavy atom. The quantitative estimate of drug-likeness (QED) is 0.114. The molecule has 8 nitrogen and oxygen atoms in total. The number of methoxy groups -OCH3 is 1. The monoisotopic (exact) mass is 781 g/mol. The molecule has 1 aromatic heterocycles. The maximum atomic E-state index is 14.2. The van der Waals surface area contributed by atoms with Gasteiger partial charge in [0.15, 0.2) is 0 Å². The standard InChI is InChI=1S/C41H50F2N3O5.BrH/c1-4-44(32-22-30(42)21-31(43)23-32)41(48)38-28-45(33-24-35(49-3)26-36(25-33)50-5-2)39-27-34(11-12-37(39)40(38)47)51-20-10-8-6-7-9-16-46-17-13-29(14-18-46)15-19-46;/h11-12,21-29H,4-10,13-20H2,1-3H3;1H/q+1;/p-1. The summed E-state index contributed by atoms with van der Waals surface area (Å²) in [4.78, 5) is 29.1. The minimum atomic E-state index is -0.820. The molecule has 52 heavy (non-hydrogen) atoms. The number of anilines is 1. The number of amides is 1. The lowest BCUT2D eigenvalue weighted by Crippen LogP contribution is -3.00. The molecule has 0 saturated carbocycles. The second-order valence-electron chi connectivity index (χ2n) is 14.0. The number of ether oxygens (including phenoxy) is 3. The molecule has 7 rings (SSSR count). The van der Waals surface area contributed by atoms with Crippen LogP contribution < -0.4 is 41.5 Å². The average Bonchev–Trinajstić information content (AvgIpc) is 3.13. The molecule has 3 fully saturated rings.